The molecule has 0 bridgehead atoms. The Bertz CT molecular complexity index is 956. The summed E-state index contributed by atoms with van der Waals surface area (Å²) in [6.45, 7) is 0.579. The van der Waals surface area contributed by atoms with Gasteiger partial charge in [0, 0.05) is 24.7 Å². The van der Waals surface area contributed by atoms with E-state index in [1.165, 1.54) is 13.2 Å². The maximum Gasteiger partial charge on any atom is 0.337 e. The summed E-state index contributed by atoms with van der Waals surface area (Å²) in [6, 6.07) is 10.1. The van der Waals surface area contributed by atoms with Crippen molar-refractivity contribution < 1.29 is 23.2 Å². The molecule has 3 rings (SSSR count). The summed E-state index contributed by atoms with van der Waals surface area (Å²) in [5.41, 5.74) is 1.87. The van der Waals surface area contributed by atoms with Gasteiger partial charge in [-0.15, -0.1) is 0 Å². The zero-order chi connectivity index (χ0) is 18.9. The van der Waals surface area contributed by atoms with Crippen LogP contribution in [0.2, 0.25) is 0 Å². The zero-order valence-electron chi connectivity index (χ0n) is 14.8. The molecule has 0 saturated heterocycles. The number of benzene rings is 2. The van der Waals surface area contributed by atoms with Gasteiger partial charge in [0.1, 0.15) is 21.4 Å². The van der Waals surface area contributed by atoms with Gasteiger partial charge in [0.15, 0.2) is 0 Å². The zero-order valence-corrected chi connectivity index (χ0v) is 15.6. The van der Waals surface area contributed by atoms with E-state index in [-0.39, 0.29) is 6.54 Å². The predicted molar refractivity (Wildman–Crippen MR) is 95.7 cm³/mol. The van der Waals surface area contributed by atoms with Crippen LogP contribution in [0.1, 0.15) is 21.5 Å². The summed E-state index contributed by atoms with van der Waals surface area (Å²) in [5, 5.41) is 0. The second-order valence-corrected chi connectivity index (χ2v) is 7.82. The highest BCUT2D eigenvalue weighted by Gasteiger charge is 2.32. The molecule has 0 radical (unpaired) electrons. The van der Waals surface area contributed by atoms with E-state index in [1.807, 2.05) is 6.07 Å². The first-order chi connectivity index (χ1) is 12.4. The molecule has 1 heterocycles. The predicted octanol–water partition coefficient (Wildman–Crippen LogP) is 2.83. The third-order valence-corrected chi connectivity index (χ3v) is 6.31. The smallest absolute Gasteiger partial charge is 0.337 e. The van der Waals surface area contributed by atoms with Crippen LogP contribution < -0.4 is 9.47 Å². The first-order valence-electron chi connectivity index (χ1n) is 7.86. The van der Waals surface area contributed by atoms with Crippen molar-refractivity contribution in [1.29, 1.82) is 4.78 Å². The van der Waals surface area contributed by atoms with E-state index in [0.717, 1.165) is 5.56 Å². The van der Waals surface area contributed by atoms with E-state index in [2.05, 4.69) is 0 Å². The van der Waals surface area contributed by atoms with Crippen LogP contribution in [0.25, 0.3) is 0 Å². The van der Waals surface area contributed by atoms with Gasteiger partial charge in [-0.25, -0.2) is 18.1 Å². The Hall–Kier alpha value is -2.58. The minimum absolute atomic E-state index is 0.276. The lowest BCUT2D eigenvalue weighted by atomic mass is 10.1. The first kappa shape index (κ1) is 18.2. The van der Waals surface area contributed by atoms with Crippen LogP contribution in [0.4, 0.5) is 0 Å². The molecule has 1 unspecified atom stereocenters. The molecule has 1 aliphatic rings. The number of nitrogens with one attached hydrogen (secondary N) is 1. The van der Waals surface area contributed by atoms with Gasteiger partial charge < -0.3 is 14.2 Å². The topological polar surface area (TPSA) is 88.9 Å². The number of ether oxygens (including phenoxy) is 3. The summed E-state index contributed by atoms with van der Waals surface area (Å²) in [5.74, 6) is 0.801. The SMILES string of the molecule is COC(=O)c1ccc2c(c1)CN(Cc1ccc(OC)cc1OC)S2(=N)=O. The highest BCUT2D eigenvalue weighted by Crippen LogP contribution is 2.35. The number of carbonyl (C=O) groups excluding carboxylic acids is 1. The second-order valence-electron chi connectivity index (χ2n) is 5.82. The third kappa shape index (κ3) is 3.13. The van der Waals surface area contributed by atoms with Crippen LogP contribution in [-0.4, -0.2) is 35.8 Å². The maximum absolute atomic E-state index is 13.0. The molecule has 1 atom stereocenters. The Morgan fingerprint density at radius 1 is 1.15 bits per heavy atom. The first-order valence-corrected chi connectivity index (χ1v) is 9.38. The molecule has 1 aliphatic heterocycles. The number of esters is 1. The van der Waals surface area contributed by atoms with E-state index in [1.54, 1.807) is 42.8 Å². The highest BCUT2D eigenvalue weighted by atomic mass is 32.2. The molecular weight excluding hydrogens is 356 g/mol. The van der Waals surface area contributed by atoms with Crippen LogP contribution in [0.5, 0.6) is 11.5 Å². The van der Waals surface area contributed by atoms with E-state index in [0.29, 0.717) is 34.1 Å². The highest BCUT2D eigenvalue weighted by molar-refractivity contribution is 7.90. The van der Waals surface area contributed by atoms with Crippen LogP contribution in [0.3, 0.4) is 0 Å². The van der Waals surface area contributed by atoms with Crippen molar-refractivity contribution in [1.82, 2.24) is 4.31 Å². The minimum atomic E-state index is -3.14. The van der Waals surface area contributed by atoms with Crippen molar-refractivity contribution in [3.05, 3.63) is 53.1 Å². The van der Waals surface area contributed by atoms with Crippen molar-refractivity contribution in [3.63, 3.8) is 0 Å². The van der Waals surface area contributed by atoms with Gasteiger partial charge in [0.2, 0.25) is 0 Å². The minimum Gasteiger partial charge on any atom is -0.497 e. The van der Waals surface area contributed by atoms with Crippen molar-refractivity contribution in [2.75, 3.05) is 21.3 Å². The number of carbonyl (C=O) groups is 1. The summed E-state index contributed by atoms with van der Waals surface area (Å²) >= 11 is 0. The number of rotatable bonds is 5. The number of methoxy groups -OCH3 is 3. The molecule has 0 saturated carbocycles. The van der Waals surface area contributed by atoms with E-state index < -0.39 is 15.9 Å². The lowest BCUT2D eigenvalue weighted by Crippen LogP contribution is -2.23. The average molecular weight is 376 g/mol. The van der Waals surface area contributed by atoms with Crippen LogP contribution in [0.15, 0.2) is 41.3 Å². The van der Waals surface area contributed by atoms with Crippen molar-refractivity contribution in [3.8, 4) is 11.5 Å². The molecule has 1 N–H and O–H groups in total. The second kappa shape index (κ2) is 6.97. The van der Waals surface area contributed by atoms with Crippen LogP contribution >= 0.6 is 0 Å². The van der Waals surface area contributed by atoms with Crippen molar-refractivity contribution in [2.24, 2.45) is 0 Å². The van der Waals surface area contributed by atoms with Gasteiger partial charge in [0.05, 0.1) is 31.8 Å². The molecule has 2 aromatic rings. The fourth-order valence-electron chi connectivity index (χ4n) is 2.96. The summed E-state index contributed by atoms with van der Waals surface area (Å²) in [7, 11) is 1.29. The summed E-state index contributed by atoms with van der Waals surface area (Å²) < 4.78 is 38.3. The van der Waals surface area contributed by atoms with Gasteiger partial charge in [0.25, 0.3) is 0 Å². The number of hydrogen-bond acceptors (Lipinski definition) is 6. The Kier molecular flexibility index (Phi) is 4.88. The molecule has 138 valence electrons. The monoisotopic (exact) mass is 376 g/mol. The van der Waals surface area contributed by atoms with E-state index in [4.69, 9.17) is 19.0 Å². The lowest BCUT2D eigenvalue weighted by Gasteiger charge is -2.19. The molecule has 0 aliphatic carbocycles. The fourth-order valence-corrected chi connectivity index (χ4v) is 4.61. The van der Waals surface area contributed by atoms with Crippen molar-refractivity contribution in [2.45, 2.75) is 18.0 Å². The third-order valence-electron chi connectivity index (χ3n) is 4.33. The molecule has 0 aromatic heterocycles. The molecular formula is C18H20N2O5S. The van der Waals surface area contributed by atoms with Crippen LogP contribution in [0, 0.1) is 4.78 Å². The number of fused-ring (bicyclic) bond motifs is 1. The summed E-state index contributed by atoms with van der Waals surface area (Å²) in [6.07, 6.45) is 0. The number of nitrogens with zero attached hydrogens (tertiary/aromatic N) is 1. The molecule has 0 spiro atoms. The Balaban J connectivity index is 1.92. The fraction of sp³-hybridized carbons (Fsp3) is 0.278. The Labute approximate surface area is 152 Å². The van der Waals surface area contributed by atoms with Gasteiger partial charge in [-0.2, -0.15) is 0 Å². The van der Waals surface area contributed by atoms with E-state index in [9.17, 15) is 9.00 Å². The Morgan fingerprint density at radius 2 is 1.92 bits per heavy atom. The Morgan fingerprint density at radius 3 is 2.58 bits per heavy atom. The average Bonchev–Trinajstić information content (AvgIpc) is 2.90. The molecule has 0 amide bonds. The largest absolute Gasteiger partial charge is 0.497 e. The normalized spacial score (nSPS) is 19.0. The van der Waals surface area contributed by atoms with Crippen LogP contribution in [-0.2, 0) is 27.7 Å². The maximum atomic E-state index is 13.0. The van der Waals surface area contributed by atoms with Crippen molar-refractivity contribution >= 4 is 15.9 Å². The molecule has 26 heavy (non-hydrogen) atoms. The molecule has 7 nitrogen and oxygen atoms in total. The van der Waals surface area contributed by atoms with E-state index >= 15 is 0 Å². The van der Waals surface area contributed by atoms with Gasteiger partial charge in [-0.1, -0.05) is 6.07 Å². The molecule has 0 fully saturated rings. The standard InChI is InChI=1S/C18H20N2O5S/c1-23-15-6-4-13(16(9-15)24-2)10-20-11-14-8-12(18(21)25-3)5-7-17(14)26(20,19)22/h4-9,19H,10-11H2,1-3H3. The quantitative estimate of drug-likeness (QED) is 0.811. The van der Waals surface area contributed by atoms with Gasteiger partial charge in [-0.05, 0) is 29.8 Å². The molecule has 8 heteroatoms. The number of hydrogen-bond donors (Lipinski definition) is 1. The lowest BCUT2D eigenvalue weighted by molar-refractivity contribution is 0.0600. The van der Waals surface area contributed by atoms with Gasteiger partial charge >= 0.3 is 5.97 Å². The summed E-state index contributed by atoms with van der Waals surface area (Å²) in [4.78, 5) is 12.1. The van der Waals surface area contributed by atoms with Gasteiger partial charge in [-0.3, -0.25) is 0 Å². The molecule has 2 aromatic carbocycles.